The molecule has 2 saturated heterocycles. The topological polar surface area (TPSA) is 66.4 Å². The molecule has 2 heterocycles. The molecule has 0 aromatic heterocycles. The summed E-state index contributed by atoms with van der Waals surface area (Å²) >= 11 is 0. The van der Waals surface area contributed by atoms with Gasteiger partial charge < -0.3 is 28.7 Å². The van der Waals surface area contributed by atoms with E-state index in [0.717, 1.165) is 51.6 Å². The third-order valence-electron chi connectivity index (χ3n) is 6.61. The fraction of sp³-hybridized carbons (Fsp3) is 0.905. The summed E-state index contributed by atoms with van der Waals surface area (Å²) < 4.78 is 30.1. The molecule has 28 heavy (non-hydrogen) atoms. The Labute approximate surface area is 170 Å². The molecule has 1 atom stereocenters. The fourth-order valence-electron chi connectivity index (χ4n) is 3.93. The summed E-state index contributed by atoms with van der Waals surface area (Å²) in [5, 5.41) is 10.3. The first kappa shape index (κ1) is 22.3. The Hall–Kier alpha value is -0.435. The van der Waals surface area contributed by atoms with Gasteiger partial charge in [-0.25, -0.2) is 0 Å². The average Bonchev–Trinajstić information content (AvgIpc) is 3.10. The van der Waals surface area contributed by atoms with Gasteiger partial charge in [0.05, 0.1) is 30.0 Å². The van der Waals surface area contributed by atoms with Crippen LogP contribution in [0.5, 0.6) is 0 Å². The maximum Gasteiger partial charge on any atom is 0.301 e. The van der Waals surface area contributed by atoms with Gasteiger partial charge in [0.25, 0.3) is 0 Å². The third-order valence-corrected chi connectivity index (χ3v) is 6.61. The van der Waals surface area contributed by atoms with E-state index in [1.165, 1.54) is 0 Å². The number of hydrogen-bond acceptors (Lipinski definition) is 6. The van der Waals surface area contributed by atoms with Gasteiger partial charge in [0.15, 0.2) is 12.1 Å². The van der Waals surface area contributed by atoms with Crippen LogP contribution in [0.4, 0.5) is 0 Å². The summed E-state index contributed by atoms with van der Waals surface area (Å²) in [5.74, 6) is 1.60. The molecule has 1 spiro atoms. The van der Waals surface area contributed by atoms with Crippen LogP contribution < -0.4 is 0 Å². The molecule has 6 nitrogen and oxygen atoms in total. The van der Waals surface area contributed by atoms with Crippen molar-refractivity contribution in [2.45, 2.75) is 102 Å². The molecule has 1 saturated carbocycles. The maximum absolute atomic E-state index is 10.3. The highest BCUT2D eigenvalue weighted by molar-refractivity contribution is 6.34. The Morgan fingerprint density at radius 1 is 1.00 bits per heavy atom. The van der Waals surface area contributed by atoms with Crippen molar-refractivity contribution in [3.63, 3.8) is 0 Å². The first-order chi connectivity index (χ1) is 13.2. The van der Waals surface area contributed by atoms with Crippen molar-refractivity contribution in [1.29, 1.82) is 0 Å². The van der Waals surface area contributed by atoms with Crippen LogP contribution in [0.25, 0.3) is 0 Å². The van der Waals surface area contributed by atoms with Crippen LogP contribution in [-0.4, -0.2) is 61.3 Å². The Balaban J connectivity index is 1.63. The Morgan fingerprint density at radius 2 is 1.68 bits per heavy atom. The van der Waals surface area contributed by atoms with Gasteiger partial charge >= 0.3 is 7.48 Å². The number of aliphatic hydroxyl groups is 1. The summed E-state index contributed by atoms with van der Waals surface area (Å²) in [5.41, 5.74) is -1.94. The van der Waals surface area contributed by atoms with Crippen molar-refractivity contribution in [3.8, 4) is 0 Å². The number of ether oxygens (including phenoxy) is 4. The van der Waals surface area contributed by atoms with Crippen molar-refractivity contribution in [2.24, 2.45) is 0 Å². The van der Waals surface area contributed by atoms with Gasteiger partial charge in [-0.3, -0.25) is 0 Å². The fourth-order valence-corrected chi connectivity index (χ4v) is 3.93. The number of rotatable bonds is 7. The van der Waals surface area contributed by atoms with Crippen LogP contribution in [0.3, 0.4) is 0 Å². The van der Waals surface area contributed by atoms with E-state index < -0.39 is 17.0 Å². The van der Waals surface area contributed by atoms with Gasteiger partial charge in [0.2, 0.25) is 0 Å². The van der Waals surface area contributed by atoms with Crippen molar-refractivity contribution in [3.05, 3.63) is 12.1 Å². The van der Waals surface area contributed by atoms with E-state index in [9.17, 15) is 5.11 Å². The zero-order valence-electron chi connectivity index (χ0n) is 18.0. The van der Waals surface area contributed by atoms with E-state index in [-0.39, 0.29) is 11.9 Å². The predicted octanol–water partition coefficient (Wildman–Crippen LogP) is 3.02. The van der Waals surface area contributed by atoms with E-state index in [4.69, 9.17) is 23.6 Å². The Bertz CT molecular complexity index is 520. The molecule has 1 aliphatic carbocycles. The summed E-state index contributed by atoms with van der Waals surface area (Å²) in [6.07, 6.45) is 8.48. The Kier molecular flexibility index (Phi) is 6.95. The number of hydrogen-bond donors (Lipinski definition) is 1. The first-order valence-electron chi connectivity index (χ1n) is 10.8. The van der Waals surface area contributed by atoms with Crippen LogP contribution in [0.2, 0.25) is 0 Å². The molecule has 1 unspecified atom stereocenters. The largest absolute Gasteiger partial charge is 0.427 e. The minimum atomic E-state index is -0.917. The molecule has 3 aliphatic rings. The Morgan fingerprint density at radius 3 is 2.25 bits per heavy atom. The van der Waals surface area contributed by atoms with Crippen molar-refractivity contribution in [2.75, 3.05) is 19.8 Å². The second-order valence-corrected chi connectivity index (χ2v) is 9.37. The van der Waals surface area contributed by atoms with Crippen LogP contribution in [0, 0.1) is 0 Å². The second kappa shape index (κ2) is 8.74. The lowest BCUT2D eigenvalue weighted by Crippen LogP contribution is -2.48. The van der Waals surface area contributed by atoms with Crippen molar-refractivity contribution in [1.82, 2.24) is 0 Å². The average molecular weight is 396 g/mol. The molecular weight excluding hydrogens is 359 g/mol. The quantitative estimate of drug-likeness (QED) is 0.668. The first-order valence-corrected chi connectivity index (χ1v) is 10.8. The van der Waals surface area contributed by atoms with Gasteiger partial charge in [-0.1, -0.05) is 12.1 Å². The highest BCUT2D eigenvalue weighted by atomic mass is 16.7. The lowest BCUT2D eigenvalue weighted by Gasteiger charge is -2.44. The molecule has 3 rings (SSSR count). The van der Waals surface area contributed by atoms with E-state index in [1.54, 1.807) is 13.8 Å². The van der Waals surface area contributed by atoms with E-state index in [0.29, 0.717) is 20.7 Å². The monoisotopic (exact) mass is 396 g/mol. The van der Waals surface area contributed by atoms with Crippen LogP contribution >= 0.6 is 0 Å². The predicted molar refractivity (Wildman–Crippen MR) is 108 cm³/mol. The second-order valence-electron chi connectivity index (χ2n) is 9.37. The smallest absolute Gasteiger partial charge is 0.301 e. The van der Waals surface area contributed by atoms with Gasteiger partial charge in [-0.2, -0.15) is 0 Å². The molecule has 0 amide bonds. The van der Waals surface area contributed by atoms with Crippen LogP contribution in [-0.2, 0) is 23.6 Å². The normalized spacial score (nSPS) is 28.1. The standard InChI is InChI=1S/C21H37BO6/c1-18(2,23)19(3,4)28-22-13-12-20(27-17-7-5-6-14-24-17)8-10-21(11-9-20)25-15-16-26-21/h12-13,17,22-23H,5-11,14-16H2,1-4H3/b13-12+. The van der Waals surface area contributed by atoms with Crippen molar-refractivity contribution < 1.29 is 28.7 Å². The zero-order valence-corrected chi connectivity index (χ0v) is 18.0. The van der Waals surface area contributed by atoms with Gasteiger partial charge in [0.1, 0.15) is 0 Å². The van der Waals surface area contributed by atoms with Gasteiger partial charge in [-0.15, -0.1) is 0 Å². The minimum Gasteiger partial charge on any atom is -0.427 e. The van der Waals surface area contributed by atoms with Gasteiger partial charge in [-0.05, 0) is 59.8 Å². The SMILES string of the molecule is CC(C)(O)C(C)(C)OB/C=C/C1(OC2CCCCO2)CCC2(CC1)OCCO2. The van der Waals surface area contributed by atoms with E-state index in [1.807, 2.05) is 19.8 Å². The summed E-state index contributed by atoms with van der Waals surface area (Å²) in [7, 11) is 0.422. The maximum atomic E-state index is 10.3. The minimum absolute atomic E-state index is 0.147. The summed E-state index contributed by atoms with van der Waals surface area (Å²) in [6.45, 7) is 9.46. The van der Waals surface area contributed by atoms with Crippen LogP contribution in [0.15, 0.2) is 12.1 Å². The zero-order chi connectivity index (χ0) is 20.3. The van der Waals surface area contributed by atoms with Gasteiger partial charge in [0, 0.05) is 19.4 Å². The summed E-state index contributed by atoms with van der Waals surface area (Å²) in [4.78, 5) is 0. The highest BCUT2D eigenvalue weighted by Gasteiger charge is 2.47. The molecule has 0 aromatic carbocycles. The molecule has 0 bridgehead atoms. The van der Waals surface area contributed by atoms with Crippen molar-refractivity contribution >= 4 is 7.48 Å². The van der Waals surface area contributed by atoms with E-state index >= 15 is 0 Å². The lowest BCUT2D eigenvalue weighted by atomic mass is 9.78. The summed E-state index contributed by atoms with van der Waals surface area (Å²) in [6, 6.07) is 0. The third kappa shape index (κ3) is 5.38. The molecular formula is C21H37BO6. The van der Waals surface area contributed by atoms with E-state index in [2.05, 4.69) is 6.08 Å². The molecule has 0 aromatic rings. The highest BCUT2D eigenvalue weighted by Crippen LogP contribution is 2.43. The molecule has 3 fully saturated rings. The molecule has 1 N–H and O–H groups in total. The molecule has 2 aliphatic heterocycles. The lowest BCUT2D eigenvalue weighted by molar-refractivity contribution is -0.249. The van der Waals surface area contributed by atoms with Crippen LogP contribution in [0.1, 0.15) is 72.6 Å². The molecule has 7 heteroatoms. The molecule has 0 radical (unpaired) electrons. The molecule has 160 valence electrons.